The molecule has 0 radical (unpaired) electrons. The number of nitrogens with zero attached hydrogens (tertiary/aromatic N) is 3. The van der Waals surface area contributed by atoms with Crippen molar-refractivity contribution < 1.29 is 0 Å². The largest absolute Gasteiger partial charge is 0.239 e. The second kappa shape index (κ2) is 4.33. The van der Waals surface area contributed by atoms with E-state index in [1.54, 1.807) is 16.9 Å². The standard InChI is InChI=1S/C10H5BrIN3/c11-8-2-1-7(4-13)10(3-8)15-6-9(12)5-14-15/h1-3,5-6H. The minimum absolute atomic E-state index is 0.609. The molecule has 0 aliphatic carbocycles. The summed E-state index contributed by atoms with van der Waals surface area (Å²) in [6, 6.07) is 7.64. The fourth-order valence-electron chi connectivity index (χ4n) is 1.22. The fraction of sp³-hybridized carbons (Fsp3) is 0. The summed E-state index contributed by atoms with van der Waals surface area (Å²) in [4.78, 5) is 0. The van der Waals surface area contributed by atoms with Crippen LogP contribution in [0.2, 0.25) is 0 Å². The number of hydrogen-bond acceptors (Lipinski definition) is 2. The van der Waals surface area contributed by atoms with Crippen LogP contribution in [-0.4, -0.2) is 9.78 Å². The maximum Gasteiger partial charge on any atom is 0.101 e. The topological polar surface area (TPSA) is 41.6 Å². The van der Waals surface area contributed by atoms with E-state index in [2.05, 4.69) is 49.7 Å². The van der Waals surface area contributed by atoms with Gasteiger partial charge in [0.15, 0.2) is 0 Å². The molecule has 0 saturated carbocycles. The molecular formula is C10H5BrIN3. The van der Waals surface area contributed by atoms with Crippen LogP contribution < -0.4 is 0 Å². The van der Waals surface area contributed by atoms with E-state index in [0.717, 1.165) is 13.7 Å². The summed E-state index contributed by atoms with van der Waals surface area (Å²) >= 11 is 5.56. The molecular weight excluding hydrogens is 369 g/mol. The number of rotatable bonds is 1. The SMILES string of the molecule is N#Cc1ccc(Br)cc1-n1cc(I)cn1. The number of benzene rings is 1. The molecule has 3 nitrogen and oxygen atoms in total. The van der Waals surface area contributed by atoms with Crippen molar-refractivity contribution in [3.05, 3.63) is 44.2 Å². The lowest BCUT2D eigenvalue weighted by molar-refractivity contribution is 0.876. The molecule has 0 aliphatic rings. The molecule has 1 aromatic carbocycles. The summed E-state index contributed by atoms with van der Waals surface area (Å²) in [6.45, 7) is 0. The third-order valence-corrected chi connectivity index (χ3v) is 2.93. The second-order valence-corrected chi connectivity index (χ2v) is 5.04. The van der Waals surface area contributed by atoms with Crippen molar-refractivity contribution in [1.29, 1.82) is 5.26 Å². The molecule has 1 aromatic heterocycles. The summed E-state index contributed by atoms with van der Waals surface area (Å²) in [6.07, 6.45) is 3.63. The Labute approximate surface area is 109 Å². The van der Waals surface area contributed by atoms with Crippen molar-refractivity contribution in [2.45, 2.75) is 0 Å². The predicted molar refractivity (Wildman–Crippen MR) is 68.7 cm³/mol. The maximum atomic E-state index is 8.97. The highest BCUT2D eigenvalue weighted by atomic mass is 127. The quantitative estimate of drug-likeness (QED) is 0.721. The predicted octanol–water partition coefficient (Wildman–Crippen LogP) is 3.11. The van der Waals surface area contributed by atoms with Crippen LogP contribution in [0, 0.1) is 14.9 Å². The fourth-order valence-corrected chi connectivity index (χ4v) is 1.96. The number of halogens is 2. The van der Waals surface area contributed by atoms with Crippen LogP contribution in [-0.2, 0) is 0 Å². The Balaban J connectivity index is 2.61. The average Bonchev–Trinajstić information content (AvgIpc) is 2.65. The first-order valence-corrected chi connectivity index (χ1v) is 5.98. The molecule has 2 aromatic rings. The van der Waals surface area contributed by atoms with Gasteiger partial charge in [-0.25, -0.2) is 4.68 Å². The molecule has 1 heterocycles. The van der Waals surface area contributed by atoms with Gasteiger partial charge in [-0.05, 0) is 40.8 Å². The lowest BCUT2D eigenvalue weighted by Crippen LogP contribution is -1.97. The summed E-state index contributed by atoms with van der Waals surface area (Å²) in [5.74, 6) is 0. The Morgan fingerprint density at radius 1 is 1.47 bits per heavy atom. The van der Waals surface area contributed by atoms with Gasteiger partial charge in [-0.2, -0.15) is 10.4 Å². The maximum absolute atomic E-state index is 8.97. The van der Waals surface area contributed by atoms with Gasteiger partial charge in [-0.3, -0.25) is 0 Å². The lowest BCUT2D eigenvalue weighted by atomic mass is 10.2. The molecule has 0 saturated heterocycles. The van der Waals surface area contributed by atoms with Gasteiger partial charge in [0.25, 0.3) is 0 Å². The molecule has 74 valence electrons. The van der Waals surface area contributed by atoms with Crippen molar-refractivity contribution in [2.24, 2.45) is 0 Å². The highest BCUT2D eigenvalue weighted by Gasteiger charge is 2.06. The van der Waals surface area contributed by atoms with Crippen LogP contribution in [0.25, 0.3) is 5.69 Å². The molecule has 0 atom stereocenters. The van der Waals surface area contributed by atoms with Crippen LogP contribution >= 0.6 is 38.5 Å². The minimum atomic E-state index is 0.609. The number of hydrogen-bond donors (Lipinski definition) is 0. The van der Waals surface area contributed by atoms with Gasteiger partial charge in [0.2, 0.25) is 0 Å². The normalized spacial score (nSPS) is 9.93. The molecule has 0 spiro atoms. The highest BCUT2D eigenvalue weighted by molar-refractivity contribution is 14.1. The van der Waals surface area contributed by atoms with Gasteiger partial charge < -0.3 is 0 Å². The van der Waals surface area contributed by atoms with Crippen LogP contribution in [0.1, 0.15) is 5.56 Å². The number of nitriles is 1. The van der Waals surface area contributed by atoms with Crippen molar-refractivity contribution >= 4 is 38.5 Å². The van der Waals surface area contributed by atoms with Crippen molar-refractivity contribution in [1.82, 2.24) is 9.78 Å². The van der Waals surface area contributed by atoms with Crippen LogP contribution in [0.3, 0.4) is 0 Å². The van der Waals surface area contributed by atoms with E-state index < -0.39 is 0 Å². The van der Waals surface area contributed by atoms with Gasteiger partial charge in [0.05, 0.1) is 21.0 Å². The van der Waals surface area contributed by atoms with Crippen LogP contribution in [0.4, 0.5) is 0 Å². The molecule has 0 unspecified atom stereocenters. The first-order chi connectivity index (χ1) is 7.20. The Morgan fingerprint density at radius 3 is 2.87 bits per heavy atom. The first kappa shape index (κ1) is 10.6. The average molecular weight is 374 g/mol. The van der Waals surface area contributed by atoms with E-state index in [4.69, 9.17) is 5.26 Å². The third kappa shape index (κ3) is 2.21. The van der Waals surface area contributed by atoms with Crippen molar-refractivity contribution in [3.63, 3.8) is 0 Å². The lowest BCUT2D eigenvalue weighted by Gasteiger charge is -2.03. The Kier molecular flexibility index (Phi) is 3.07. The van der Waals surface area contributed by atoms with Crippen LogP contribution in [0.5, 0.6) is 0 Å². The van der Waals surface area contributed by atoms with Gasteiger partial charge in [-0.15, -0.1) is 0 Å². The first-order valence-electron chi connectivity index (χ1n) is 4.11. The minimum Gasteiger partial charge on any atom is -0.239 e. The van der Waals surface area contributed by atoms with E-state index in [0.29, 0.717) is 5.56 Å². The highest BCUT2D eigenvalue weighted by Crippen LogP contribution is 2.20. The molecule has 0 bridgehead atoms. The molecule has 0 N–H and O–H groups in total. The zero-order valence-corrected chi connectivity index (χ0v) is 11.2. The van der Waals surface area contributed by atoms with Gasteiger partial charge in [0, 0.05) is 10.7 Å². The van der Waals surface area contributed by atoms with Crippen LogP contribution in [0.15, 0.2) is 35.1 Å². The monoisotopic (exact) mass is 373 g/mol. The van der Waals surface area contributed by atoms with Crippen molar-refractivity contribution in [3.8, 4) is 11.8 Å². The summed E-state index contributed by atoms with van der Waals surface area (Å²) in [5.41, 5.74) is 1.40. The zero-order valence-electron chi connectivity index (χ0n) is 7.48. The molecule has 15 heavy (non-hydrogen) atoms. The van der Waals surface area contributed by atoms with Crippen molar-refractivity contribution in [2.75, 3.05) is 0 Å². The van der Waals surface area contributed by atoms with Gasteiger partial charge in [-0.1, -0.05) is 15.9 Å². The van der Waals surface area contributed by atoms with E-state index in [9.17, 15) is 0 Å². The molecule has 2 rings (SSSR count). The van der Waals surface area contributed by atoms with Gasteiger partial charge in [0.1, 0.15) is 6.07 Å². The Hall–Kier alpha value is -0.870. The summed E-state index contributed by atoms with van der Waals surface area (Å²) < 4.78 is 3.67. The smallest absolute Gasteiger partial charge is 0.101 e. The molecule has 0 fully saturated rings. The van der Waals surface area contributed by atoms with Gasteiger partial charge >= 0.3 is 0 Å². The van der Waals surface area contributed by atoms with E-state index >= 15 is 0 Å². The second-order valence-electron chi connectivity index (χ2n) is 2.88. The number of aromatic nitrogens is 2. The molecule has 0 amide bonds. The Morgan fingerprint density at radius 2 is 2.27 bits per heavy atom. The molecule has 5 heteroatoms. The third-order valence-electron chi connectivity index (χ3n) is 1.88. The van der Waals surface area contributed by atoms with E-state index in [-0.39, 0.29) is 0 Å². The molecule has 0 aliphatic heterocycles. The summed E-state index contributed by atoms with van der Waals surface area (Å²) in [7, 11) is 0. The Bertz CT molecular complexity index is 542. The summed E-state index contributed by atoms with van der Waals surface area (Å²) in [5, 5.41) is 13.1. The van der Waals surface area contributed by atoms with E-state index in [1.807, 2.05) is 18.3 Å². The zero-order chi connectivity index (χ0) is 10.8. The van der Waals surface area contributed by atoms with E-state index in [1.165, 1.54) is 0 Å².